The van der Waals surface area contributed by atoms with E-state index >= 15 is 0 Å². The summed E-state index contributed by atoms with van der Waals surface area (Å²) >= 11 is 5.96. The summed E-state index contributed by atoms with van der Waals surface area (Å²) in [6.07, 6.45) is 2.48. The van der Waals surface area contributed by atoms with Crippen molar-refractivity contribution >= 4 is 23.4 Å². The largest absolute Gasteiger partial charge is 0.355 e. The summed E-state index contributed by atoms with van der Waals surface area (Å²) in [5.74, 6) is -0.141. The summed E-state index contributed by atoms with van der Waals surface area (Å²) in [5.41, 5.74) is 1.28. The van der Waals surface area contributed by atoms with Crippen LogP contribution in [-0.2, 0) is 15.0 Å². The average molecular weight is 364 g/mol. The van der Waals surface area contributed by atoms with Crippen molar-refractivity contribution in [1.29, 1.82) is 0 Å². The lowest BCUT2D eigenvalue weighted by Crippen LogP contribution is -2.38. The Hall–Kier alpha value is -1.59. The van der Waals surface area contributed by atoms with Gasteiger partial charge in [0.15, 0.2) is 0 Å². The standard InChI is InChI=1S/C19H26ClN3O2/c1-22(2)9-10-23-12-14(11-17(23)24)18(25)21-13-19(7-8-19)15-3-5-16(20)6-4-15/h3-6,14H,7-13H2,1-2H3,(H,21,25)/t14-/m1/s1. The molecule has 0 bridgehead atoms. The average Bonchev–Trinajstić information content (AvgIpc) is 3.28. The minimum absolute atomic E-state index is 0.000872. The van der Waals surface area contributed by atoms with E-state index in [9.17, 15) is 9.59 Å². The van der Waals surface area contributed by atoms with Crippen LogP contribution in [0.15, 0.2) is 24.3 Å². The van der Waals surface area contributed by atoms with Crippen LogP contribution in [0.25, 0.3) is 0 Å². The Morgan fingerprint density at radius 1 is 1.32 bits per heavy atom. The van der Waals surface area contributed by atoms with Crippen LogP contribution >= 0.6 is 11.6 Å². The Kier molecular flexibility index (Phi) is 5.35. The first kappa shape index (κ1) is 18.2. The third-order valence-corrected chi connectivity index (χ3v) is 5.57. The van der Waals surface area contributed by atoms with Crippen molar-refractivity contribution < 1.29 is 9.59 Å². The SMILES string of the molecule is CN(C)CCN1C[C@H](C(=O)NCC2(c3ccc(Cl)cc3)CC2)CC1=O. The molecule has 2 fully saturated rings. The van der Waals surface area contributed by atoms with Crippen molar-refractivity contribution in [1.82, 2.24) is 15.1 Å². The molecule has 1 heterocycles. The molecule has 1 aromatic rings. The molecule has 0 radical (unpaired) electrons. The molecule has 0 spiro atoms. The van der Waals surface area contributed by atoms with Gasteiger partial charge in [-0.05, 0) is 44.6 Å². The number of carbonyl (C=O) groups excluding carboxylic acids is 2. The molecule has 1 saturated heterocycles. The maximum Gasteiger partial charge on any atom is 0.225 e. The van der Waals surface area contributed by atoms with E-state index in [0.29, 0.717) is 26.1 Å². The highest BCUT2D eigenvalue weighted by molar-refractivity contribution is 6.30. The van der Waals surface area contributed by atoms with Crippen molar-refractivity contribution in [2.24, 2.45) is 5.92 Å². The first-order valence-electron chi connectivity index (χ1n) is 8.86. The molecule has 136 valence electrons. The van der Waals surface area contributed by atoms with Crippen LogP contribution < -0.4 is 5.32 Å². The van der Waals surface area contributed by atoms with Gasteiger partial charge in [-0.25, -0.2) is 0 Å². The minimum Gasteiger partial charge on any atom is -0.355 e. The molecule has 1 atom stereocenters. The van der Waals surface area contributed by atoms with Gasteiger partial charge in [0.1, 0.15) is 0 Å². The molecule has 1 aliphatic carbocycles. The summed E-state index contributed by atoms with van der Waals surface area (Å²) in [7, 11) is 3.97. The Labute approximate surface area is 154 Å². The van der Waals surface area contributed by atoms with Crippen molar-refractivity contribution in [2.75, 3.05) is 40.3 Å². The molecular formula is C19H26ClN3O2. The summed E-state index contributed by atoms with van der Waals surface area (Å²) in [6.45, 7) is 2.67. The predicted molar refractivity (Wildman–Crippen MR) is 98.6 cm³/mol. The molecule has 0 aromatic heterocycles. The number of halogens is 1. The van der Waals surface area contributed by atoms with E-state index in [1.165, 1.54) is 5.56 Å². The number of carbonyl (C=O) groups is 2. The molecule has 5 nitrogen and oxygen atoms in total. The minimum atomic E-state index is -0.226. The number of benzene rings is 1. The monoisotopic (exact) mass is 363 g/mol. The molecule has 0 unspecified atom stereocenters. The Balaban J connectivity index is 1.51. The van der Waals surface area contributed by atoms with Crippen LogP contribution in [0.2, 0.25) is 5.02 Å². The molecule has 1 N–H and O–H groups in total. The quantitative estimate of drug-likeness (QED) is 0.805. The third-order valence-electron chi connectivity index (χ3n) is 5.31. The van der Waals surface area contributed by atoms with Crippen LogP contribution in [0.1, 0.15) is 24.8 Å². The second-order valence-electron chi connectivity index (χ2n) is 7.55. The number of rotatable bonds is 7. The number of hydrogen-bond acceptors (Lipinski definition) is 3. The van der Waals surface area contributed by atoms with Crippen LogP contribution in [0.3, 0.4) is 0 Å². The van der Waals surface area contributed by atoms with E-state index in [0.717, 1.165) is 24.4 Å². The van der Waals surface area contributed by atoms with E-state index in [-0.39, 0.29) is 23.1 Å². The van der Waals surface area contributed by atoms with Gasteiger partial charge >= 0.3 is 0 Å². The molecule has 2 amide bonds. The number of likely N-dealkylation sites (N-methyl/N-ethyl adjacent to an activating group) is 1. The van der Waals surface area contributed by atoms with Crippen molar-refractivity contribution in [3.63, 3.8) is 0 Å². The van der Waals surface area contributed by atoms with Crippen molar-refractivity contribution in [2.45, 2.75) is 24.7 Å². The van der Waals surface area contributed by atoms with Crippen molar-refractivity contribution in [3.8, 4) is 0 Å². The normalized spacial score (nSPS) is 21.7. The lowest BCUT2D eigenvalue weighted by Gasteiger charge is -2.20. The fourth-order valence-electron chi connectivity index (χ4n) is 3.41. The zero-order chi connectivity index (χ0) is 18.0. The lowest BCUT2D eigenvalue weighted by molar-refractivity contribution is -0.129. The molecule has 25 heavy (non-hydrogen) atoms. The highest BCUT2D eigenvalue weighted by Gasteiger charge is 2.45. The fraction of sp³-hybridized carbons (Fsp3) is 0.579. The van der Waals surface area contributed by atoms with Gasteiger partial charge in [0.05, 0.1) is 5.92 Å². The zero-order valence-electron chi connectivity index (χ0n) is 14.9. The Bertz CT molecular complexity index is 641. The molecule has 1 saturated carbocycles. The van der Waals surface area contributed by atoms with E-state index < -0.39 is 0 Å². The number of nitrogens with one attached hydrogen (secondary N) is 1. The summed E-state index contributed by atoms with van der Waals surface area (Å²) in [6, 6.07) is 7.89. The highest BCUT2D eigenvalue weighted by atomic mass is 35.5. The van der Waals surface area contributed by atoms with Gasteiger partial charge in [-0.2, -0.15) is 0 Å². The number of amides is 2. The third kappa shape index (κ3) is 4.33. The first-order valence-corrected chi connectivity index (χ1v) is 9.24. The predicted octanol–water partition coefficient (Wildman–Crippen LogP) is 1.90. The Morgan fingerprint density at radius 2 is 2.00 bits per heavy atom. The van der Waals surface area contributed by atoms with Gasteiger partial charge in [0.25, 0.3) is 0 Å². The first-order chi connectivity index (χ1) is 11.9. The van der Waals surface area contributed by atoms with Crippen LogP contribution in [0.4, 0.5) is 0 Å². The maximum absolute atomic E-state index is 12.5. The van der Waals surface area contributed by atoms with E-state index in [4.69, 9.17) is 11.6 Å². The Morgan fingerprint density at radius 3 is 2.60 bits per heavy atom. The molecular weight excluding hydrogens is 338 g/mol. The van der Waals surface area contributed by atoms with Gasteiger partial charge in [0.2, 0.25) is 11.8 Å². The number of nitrogens with zero attached hydrogens (tertiary/aromatic N) is 2. The molecule has 1 aliphatic heterocycles. The molecule has 3 rings (SSSR count). The van der Waals surface area contributed by atoms with Crippen molar-refractivity contribution in [3.05, 3.63) is 34.9 Å². The van der Waals surface area contributed by atoms with Gasteiger partial charge < -0.3 is 15.1 Å². The smallest absolute Gasteiger partial charge is 0.225 e. The lowest BCUT2D eigenvalue weighted by atomic mass is 9.95. The summed E-state index contributed by atoms with van der Waals surface area (Å²) in [4.78, 5) is 28.4. The van der Waals surface area contributed by atoms with Crippen LogP contribution in [0.5, 0.6) is 0 Å². The van der Waals surface area contributed by atoms with E-state index in [2.05, 4.69) is 5.32 Å². The molecule has 6 heteroatoms. The second kappa shape index (κ2) is 7.34. The van der Waals surface area contributed by atoms with Gasteiger partial charge in [-0.1, -0.05) is 23.7 Å². The second-order valence-corrected chi connectivity index (χ2v) is 7.99. The number of likely N-dealkylation sites (tertiary alicyclic amines) is 1. The summed E-state index contributed by atoms with van der Waals surface area (Å²) in [5, 5.41) is 3.81. The zero-order valence-corrected chi connectivity index (χ0v) is 15.7. The maximum atomic E-state index is 12.5. The van der Waals surface area contributed by atoms with E-state index in [1.54, 1.807) is 4.90 Å². The number of hydrogen-bond donors (Lipinski definition) is 1. The van der Waals surface area contributed by atoms with E-state index in [1.807, 2.05) is 43.3 Å². The summed E-state index contributed by atoms with van der Waals surface area (Å²) < 4.78 is 0. The van der Waals surface area contributed by atoms with Gasteiger partial charge in [-0.3, -0.25) is 9.59 Å². The topological polar surface area (TPSA) is 52.6 Å². The highest BCUT2D eigenvalue weighted by Crippen LogP contribution is 2.47. The van der Waals surface area contributed by atoms with Crippen LogP contribution in [0, 0.1) is 5.92 Å². The van der Waals surface area contributed by atoms with Crippen LogP contribution in [-0.4, -0.2) is 61.9 Å². The fourth-order valence-corrected chi connectivity index (χ4v) is 3.53. The molecule has 1 aromatic carbocycles. The van der Waals surface area contributed by atoms with Gasteiger partial charge in [-0.15, -0.1) is 0 Å². The van der Waals surface area contributed by atoms with Gasteiger partial charge in [0, 0.05) is 43.0 Å². The molecule has 2 aliphatic rings.